The number of alkyl carbamates (subject to hydrolysis) is 1. The summed E-state index contributed by atoms with van der Waals surface area (Å²) in [6.07, 6.45) is -0.131. The van der Waals surface area contributed by atoms with E-state index in [0.29, 0.717) is 22.7 Å². The molecule has 2 atom stereocenters. The Hall–Kier alpha value is -2.71. The van der Waals surface area contributed by atoms with E-state index in [0.717, 1.165) is 11.1 Å². The van der Waals surface area contributed by atoms with Gasteiger partial charge in [0.15, 0.2) is 0 Å². The van der Waals surface area contributed by atoms with E-state index in [9.17, 15) is 14.4 Å². The maximum atomic E-state index is 13.8. The number of carbonyl (C=O) groups is 3. The second-order valence-corrected chi connectivity index (χ2v) is 10.4. The summed E-state index contributed by atoms with van der Waals surface area (Å²) in [7, 11) is 0. The van der Waals surface area contributed by atoms with Crippen molar-refractivity contribution in [3.05, 3.63) is 64.2 Å². The average molecular weight is 534 g/mol. The lowest BCUT2D eigenvalue weighted by Crippen LogP contribution is -2.53. The zero-order chi connectivity index (χ0) is 27.0. The molecule has 2 N–H and O–H groups in total. The van der Waals surface area contributed by atoms with Crippen molar-refractivity contribution >= 4 is 47.8 Å². The molecule has 196 valence electrons. The Morgan fingerprint density at radius 1 is 1.06 bits per heavy atom. The molecule has 9 heteroatoms. The minimum atomic E-state index is -0.990. The largest absolute Gasteiger partial charge is 0.444 e. The fourth-order valence-corrected chi connectivity index (χ4v) is 4.29. The number of hydrogen-bond donors (Lipinski definition) is 3. The zero-order valence-electron chi connectivity index (χ0n) is 21.7. The third kappa shape index (κ3) is 7.90. The fraction of sp³-hybridized carbons (Fsp3) is 0.444. The molecule has 2 unspecified atom stereocenters. The number of halogens is 1. The van der Waals surface area contributed by atoms with Gasteiger partial charge in [0.1, 0.15) is 17.7 Å². The highest BCUT2D eigenvalue weighted by molar-refractivity contribution is 7.80. The van der Waals surface area contributed by atoms with Gasteiger partial charge >= 0.3 is 6.09 Å². The number of aryl methyl sites for hydroxylation is 2. The summed E-state index contributed by atoms with van der Waals surface area (Å²) in [6.45, 7) is 11.2. The lowest BCUT2D eigenvalue weighted by molar-refractivity contribution is -0.140. The molecule has 0 aliphatic heterocycles. The van der Waals surface area contributed by atoms with Crippen molar-refractivity contribution in [2.24, 2.45) is 0 Å². The highest BCUT2D eigenvalue weighted by atomic mass is 35.5. The van der Waals surface area contributed by atoms with Crippen LogP contribution in [0.1, 0.15) is 56.8 Å². The van der Waals surface area contributed by atoms with Crippen LogP contribution in [0.15, 0.2) is 42.5 Å². The van der Waals surface area contributed by atoms with Gasteiger partial charge in [0.25, 0.3) is 5.91 Å². The SMILES string of the molecule is CCCN(C(=O)C(CS)NC(=O)OC(C)(C)C)C(C(=O)Nc1c(C)cccc1Cl)c1ccccc1C. The Bertz CT molecular complexity index is 1070. The van der Waals surface area contributed by atoms with Crippen molar-refractivity contribution in [1.29, 1.82) is 0 Å². The number of ether oxygens (including phenoxy) is 1. The number of para-hydroxylation sites is 1. The maximum Gasteiger partial charge on any atom is 0.408 e. The average Bonchev–Trinajstić information content (AvgIpc) is 2.79. The Labute approximate surface area is 224 Å². The van der Waals surface area contributed by atoms with Gasteiger partial charge in [0, 0.05) is 12.3 Å². The van der Waals surface area contributed by atoms with Crippen molar-refractivity contribution in [1.82, 2.24) is 10.2 Å². The highest BCUT2D eigenvalue weighted by Gasteiger charge is 2.36. The van der Waals surface area contributed by atoms with Crippen LogP contribution in [-0.2, 0) is 14.3 Å². The topological polar surface area (TPSA) is 87.7 Å². The van der Waals surface area contributed by atoms with E-state index >= 15 is 0 Å². The van der Waals surface area contributed by atoms with Crippen LogP contribution in [0.25, 0.3) is 0 Å². The van der Waals surface area contributed by atoms with Crippen molar-refractivity contribution in [2.75, 3.05) is 17.6 Å². The molecule has 2 aromatic rings. The van der Waals surface area contributed by atoms with E-state index < -0.39 is 35.6 Å². The summed E-state index contributed by atoms with van der Waals surface area (Å²) in [5.74, 6) is -0.807. The second kappa shape index (κ2) is 13.0. The number of carbonyl (C=O) groups excluding carboxylic acids is 3. The summed E-state index contributed by atoms with van der Waals surface area (Å²) in [5.41, 5.74) is 2.09. The molecule has 36 heavy (non-hydrogen) atoms. The van der Waals surface area contributed by atoms with Crippen LogP contribution in [0.5, 0.6) is 0 Å². The zero-order valence-corrected chi connectivity index (χ0v) is 23.4. The van der Waals surface area contributed by atoms with Gasteiger partial charge in [0.05, 0.1) is 10.7 Å². The monoisotopic (exact) mass is 533 g/mol. The van der Waals surface area contributed by atoms with Crippen molar-refractivity contribution in [3.63, 3.8) is 0 Å². The molecule has 0 heterocycles. The first kappa shape index (κ1) is 29.5. The van der Waals surface area contributed by atoms with E-state index in [4.69, 9.17) is 16.3 Å². The lowest BCUT2D eigenvalue weighted by atomic mass is 9.97. The molecule has 0 bridgehead atoms. The number of nitrogens with zero attached hydrogens (tertiary/aromatic N) is 1. The van der Waals surface area contributed by atoms with E-state index in [2.05, 4.69) is 23.3 Å². The Kier molecular flexibility index (Phi) is 10.7. The summed E-state index contributed by atoms with van der Waals surface area (Å²) in [4.78, 5) is 41.5. The number of hydrogen-bond acceptors (Lipinski definition) is 5. The molecule has 0 aliphatic rings. The molecule has 0 saturated carbocycles. The normalized spacial score (nSPS) is 12.9. The van der Waals surface area contributed by atoms with Crippen LogP contribution in [0.2, 0.25) is 5.02 Å². The van der Waals surface area contributed by atoms with Gasteiger partial charge < -0.3 is 20.3 Å². The molecular weight excluding hydrogens is 498 g/mol. The fourth-order valence-electron chi connectivity index (χ4n) is 3.77. The van der Waals surface area contributed by atoms with E-state index in [1.165, 1.54) is 4.90 Å². The number of thiol groups is 1. The summed E-state index contributed by atoms with van der Waals surface area (Å²) < 4.78 is 5.33. The molecule has 2 rings (SSSR count). The predicted octanol–water partition coefficient (Wildman–Crippen LogP) is 5.70. The standard InChI is InChI=1S/C27H36ClN3O4S/c1-7-15-31(25(33)21(16-36)29-26(34)35-27(4,5)6)23(19-13-9-8-11-17(19)2)24(32)30-22-18(3)12-10-14-20(22)28/h8-14,21,23,36H,7,15-16H2,1-6H3,(H,29,34)(H,30,32). The van der Waals surface area contributed by atoms with Gasteiger partial charge in [0.2, 0.25) is 5.91 Å². The van der Waals surface area contributed by atoms with Crippen LogP contribution >= 0.6 is 24.2 Å². The Balaban J connectivity index is 2.49. The Morgan fingerprint density at radius 3 is 2.25 bits per heavy atom. The second-order valence-electron chi connectivity index (χ2n) is 9.59. The molecule has 7 nitrogen and oxygen atoms in total. The summed E-state index contributed by atoms with van der Waals surface area (Å²) in [6, 6.07) is 10.8. The van der Waals surface area contributed by atoms with Crippen molar-refractivity contribution < 1.29 is 19.1 Å². The van der Waals surface area contributed by atoms with E-state index in [-0.39, 0.29) is 12.3 Å². The molecule has 2 aromatic carbocycles. The maximum absolute atomic E-state index is 13.8. The first-order chi connectivity index (χ1) is 16.9. The van der Waals surface area contributed by atoms with E-state index in [1.54, 1.807) is 32.9 Å². The molecule has 3 amide bonds. The van der Waals surface area contributed by atoms with Gasteiger partial charge in [-0.25, -0.2) is 4.79 Å². The molecule has 0 spiro atoms. The van der Waals surface area contributed by atoms with Crippen molar-refractivity contribution in [2.45, 2.75) is 65.6 Å². The van der Waals surface area contributed by atoms with Crippen LogP contribution < -0.4 is 10.6 Å². The first-order valence-electron chi connectivity index (χ1n) is 11.9. The molecule has 0 aliphatic carbocycles. The first-order valence-corrected chi connectivity index (χ1v) is 12.9. The summed E-state index contributed by atoms with van der Waals surface area (Å²) >= 11 is 10.7. The van der Waals surface area contributed by atoms with Gasteiger partial charge in [-0.15, -0.1) is 0 Å². The summed E-state index contributed by atoms with van der Waals surface area (Å²) in [5, 5.41) is 5.94. The number of rotatable bonds is 9. The molecule has 0 fully saturated rings. The third-order valence-corrected chi connectivity index (χ3v) is 6.11. The van der Waals surface area contributed by atoms with E-state index in [1.807, 2.05) is 51.1 Å². The van der Waals surface area contributed by atoms with Gasteiger partial charge in [-0.1, -0.05) is 54.9 Å². The third-order valence-electron chi connectivity index (χ3n) is 5.43. The predicted molar refractivity (Wildman–Crippen MR) is 148 cm³/mol. The van der Waals surface area contributed by atoms with Gasteiger partial charge in [-0.2, -0.15) is 12.6 Å². The molecule has 0 aromatic heterocycles. The minimum Gasteiger partial charge on any atom is -0.444 e. The quantitative estimate of drug-likeness (QED) is 0.361. The van der Waals surface area contributed by atoms with Crippen LogP contribution in [0.3, 0.4) is 0 Å². The molecular formula is C27H36ClN3O4S. The lowest BCUT2D eigenvalue weighted by Gasteiger charge is -2.34. The molecule has 0 radical (unpaired) electrons. The number of anilines is 1. The van der Waals surface area contributed by atoms with Crippen LogP contribution in [0.4, 0.5) is 10.5 Å². The van der Waals surface area contributed by atoms with Gasteiger partial charge in [-0.3, -0.25) is 9.59 Å². The highest BCUT2D eigenvalue weighted by Crippen LogP contribution is 2.30. The van der Waals surface area contributed by atoms with Crippen LogP contribution in [0, 0.1) is 13.8 Å². The molecule has 0 saturated heterocycles. The number of benzene rings is 2. The Morgan fingerprint density at radius 2 is 1.69 bits per heavy atom. The number of nitrogens with one attached hydrogen (secondary N) is 2. The van der Waals surface area contributed by atoms with Gasteiger partial charge in [-0.05, 0) is 63.8 Å². The smallest absolute Gasteiger partial charge is 0.408 e. The number of amides is 3. The minimum absolute atomic E-state index is 0.0318. The van der Waals surface area contributed by atoms with Crippen LogP contribution in [-0.4, -0.2) is 46.7 Å². The van der Waals surface area contributed by atoms with Crippen molar-refractivity contribution in [3.8, 4) is 0 Å².